The summed E-state index contributed by atoms with van der Waals surface area (Å²) in [6.07, 6.45) is -2.50. The molecule has 1 heterocycles. The van der Waals surface area contributed by atoms with Crippen molar-refractivity contribution in [2.24, 2.45) is 0 Å². The maximum atomic E-state index is 14.7. The van der Waals surface area contributed by atoms with Gasteiger partial charge in [-0.2, -0.15) is 0 Å². The van der Waals surface area contributed by atoms with E-state index in [-0.39, 0.29) is 6.54 Å². The van der Waals surface area contributed by atoms with Crippen LogP contribution in [0.3, 0.4) is 0 Å². The van der Waals surface area contributed by atoms with E-state index in [1.54, 1.807) is 32.9 Å². The summed E-state index contributed by atoms with van der Waals surface area (Å²) in [6, 6.07) is 4.59. The number of ether oxygens (including phenoxy) is 2. The summed E-state index contributed by atoms with van der Waals surface area (Å²) in [4.78, 5) is 3.22. The normalized spacial score (nSPS) is 17.9. The summed E-state index contributed by atoms with van der Waals surface area (Å²) in [5.41, 5.74) is 0.170. The lowest BCUT2D eigenvalue weighted by Crippen LogP contribution is -2.46. The van der Waals surface area contributed by atoms with Crippen molar-refractivity contribution in [2.75, 3.05) is 49.3 Å². The third kappa shape index (κ3) is 5.78. The third-order valence-electron chi connectivity index (χ3n) is 3.96. The number of benzene rings is 1. The highest BCUT2D eigenvalue weighted by molar-refractivity contribution is 5.58. The molecule has 0 radical (unpaired) electrons. The highest BCUT2D eigenvalue weighted by Gasteiger charge is 2.26. The van der Waals surface area contributed by atoms with E-state index < -0.39 is 30.5 Å². The fourth-order valence-corrected chi connectivity index (χ4v) is 2.72. The maximum absolute atomic E-state index is 14.7. The standard InChI is InChI=1S/C18H29FN2O5/c1-18(2,3)26-17(24)21(11-14(23)12-22)13-4-5-16(15(19)10-13)20-6-8-25-9-7-20/h4-5,10,14,17,22-24H,6-9,11-12H2,1-3H3. The van der Waals surface area contributed by atoms with Crippen molar-refractivity contribution in [2.45, 2.75) is 38.9 Å². The van der Waals surface area contributed by atoms with Crippen molar-refractivity contribution in [3.8, 4) is 0 Å². The van der Waals surface area contributed by atoms with Crippen LogP contribution in [-0.2, 0) is 9.47 Å². The second kappa shape index (κ2) is 8.96. The van der Waals surface area contributed by atoms with Crippen LogP contribution in [0.25, 0.3) is 0 Å². The van der Waals surface area contributed by atoms with Crippen molar-refractivity contribution >= 4 is 11.4 Å². The van der Waals surface area contributed by atoms with Gasteiger partial charge in [0.1, 0.15) is 5.82 Å². The number of hydrogen-bond donors (Lipinski definition) is 3. The molecule has 0 spiro atoms. The van der Waals surface area contributed by atoms with Crippen LogP contribution in [-0.4, -0.2) is 72.9 Å². The average Bonchev–Trinajstić information content (AvgIpc) is 2.58. The van der Waals surface area contributed by atoms with E-state index in [2.05, 4.69) is 0 Å². The SMILES string of the molecule is CC(C)(C)OC(O)N(CC(O)CO)c1ccc(N2CCOCC2)c(F)c1. The Kier molecular flexibility index (Phi) is 7.19. The monoisotopic (exact) mass is 372 g/mol. The number of halogens is 1. The van der Waals surface area contributed by atoms with Gasteiger partial charge in [0.05, 0.1) is 43.8 Å². The molecule has 0 saturated carbocycles. The summed E-state index contributed by atoms with van der Waals surface area (Å²) in [5, 5.41) is 29.3. The number of aliphatic hydroxyl groups excluding tert-OH is 3. The van der Waals surface area contributed by atoms with E-state index >= 15 is 0 Å². The Balaban J connectivity index is 2.24. The predicted molar refractivity (Wildman–Crippen MR) is 96.7 cm³/mol. The van der Waals surface area contributed by atoms with Crippen molar-refractivity contribution in [3.05, 3.63) is 24.0 Å². The lowest BCUT2D eigenvalue weighted by atomic mass is 10.2. The average molecular weight is 372 g/mol. The van der Waals surface area contributed by atoms with Crippen LogP contribution in [0.4, 0.5) is 15.8 Å². The van der Waals surface area contributed by atoms with Gasteiger partial charge >= 0.3 is 0 Å². The molecule has 0 amide bonds. The molecular formula is C18H29FN2O5. The van der Waals surface area contributed by atoms with Gasteiger partial charge in [-0.1, -0.05) is 0 Å². The first-order valence-corrected chi connectivity index (χ1v) is 8.75. The Morgan fingerprint density at radius 1 is 1.27 bits per heavy atom. The summed E-state index contributed by atoms with van der Waals surface area (Å²) < 4.78 is 25.5. The van der Waals surface area contributed by atoms with Crippen LogP contribution in [0.2, 0.25) is 0 Å². The van der Waals surface area contributed by atoms with Crippen molar-refractivity contribution < 1.29 is 29.2 Å². The van der Waals surface area contributed by atoms with Crippen LogP contribution >= 0.6 is 0 Å². The first-order chi connectivity index (χ1) is 12.2. The van der Waals surface area contributed by atoms with E-state index in [1.807, 2.05) is 4.90 Å². The Bertz CT molecular complexity index is 575. The Morgan fingerprint density at radius 2 is 1.92 bits per heavy atom. The molecule has 1 aromatic rings. The minimum absolute atomic E-state index is 0.107. The minimum atomic E-state index is -1.40. The largest absolute Gasteiger partial charge is 0.394 e. The number of hydrogen-bond acceptors (Lipinski definition) is 7. The van der Waals surface area contributed by atoms with Crippen LogP contribution in [0.5, 0.6) is 0 Å². The van der Waals surface area contributed by atoms with Gasteiger partial charge in [-0.05, 0) is 39.0 Å². The van der Waals surface area contributed by atoms with E-state index in [9.17, 15) is 14.6 Å². The molecule has 1 aromatic carbocycles. The zero-order chi connectivity index (χ0) is 19.3. The van der Waals surface area contributed by atoms with Gasteiger partial charge in [-0.15, -0.1) is 0 Å². The second-order valence-corrected chi connectivity index (χ2v) is 7.28. The van der Waals surface area contributed by atoms with Crippen molar-refractivity contribution in [3.63, 3.8) is 0 Å². The molecule has 26 heavy (non-hydrogen) atoms. The maximum Gasteiger partial charge on any atom is 0.238 e. The molecule has 1 aliphatic rings. The number of rotatable bonds is 7. The Hall–Kier alpha value is -1.45. The summed E-state index contributed by atoms with van der Waals surface area (Å²) in [6.45, 7) is 7.06. The Morgan fingerprint density at radius 3 is 2.46 bits per heavy atom. The third-order valence-corrected chi connectivity index (χ3v) is 3.96. The van der Waals surface area contributed by atoms with Crippen molar-refractivity contribution in [1.29, 1.82) is 0 Å². The first-order valence-electron chi connectivity index (χ1n) is 8.75. The zero-order valence-electron chi connectivity index (χ0n) is 15.6. The molecule has 0 aromatic heterocycles. The molecule has 2 unspecified atom stereocenters. The molecule has 8 heteroatoms. The van der Waals surface area contributed by atoms with Gasteiger partial charge in [-0.25, -0.2) is 4.39 Å². The minimum Gasteiger partial charge on any atom is -0.394 e. The summed E-state index contributed by atoms with van der Waals surface area (Å²) >= 11 is 0. The number of morpholine rings is 1. The van der Waals surface area contributed by atoms with Crippen LogP contribution < -0.4 is 9.80 Å². The molecule has 0 bridgehead atoms. The Labute approximate surface area is 153 Å². The molecule has 0 aliphatic carbocycles. The zero-order valence-corrected chi connectivity index (χ0v) is 15.6. The van der Waals surface area contributed by atoms with Crippen molar-refractivity contribution in [1.82, 2.24) is 0 Å². The van der Waals surface area contributed by atoms with E-state index in [0.29, 0.717) is 37.7 Å². The lowest BCUT2D eigenvalue weighted by molar-refractivity contribution is -0.166. The van der Waals surface area contributed by atoms with Gasteiger partial charge in [0.15, 0.2) is 0 Å². The van der Waals surface area contributed by atoms with Crippen LogP contribution in [0, 0.1) is 5.82 Å². The first kappa shape index (κ1) is 20.9. The highest BCUT2D eigenvalue weighted by Crippen LogP contribution is 2.28. The predicted octanol–water partition coefficient (Wildman–Crippen LogP) is 0.913. The molecule has 3 N–H and O–H groups in total. The number of anilines is 2. The van der Waals surface area contributed by atoms with Crippen LogP contribution in [0.1, 0.15) is 20.8 Å². The molecule has 1 saturated heterocycles. The molecular weight excluding hydrogens is 343 g/mol. The van der Waals surface area contributed by atoms with E-state index in [1.165, 1.54) is 11.0 Å². The summed E-state index contributed by atoms with van der Waals surface area (Å²) in [7, 11) is 0. The molecule has 1 aliphatic heterocycles. The van der Waals surface area contributed by atoms with Crippen LogP contribution in [0.15, 0.2) is 18.2 Å². The van der Waals surface area contributed by atoms with Gasteiger partial charge < -0.3 is 34.6 Å². The van der Waals surface area contributed by atoms with Gasteiger partial charge in [-0.3, -0.25) is 0 Å². The molecule has 1 fully saturated rings. The number of nitrogens with zero attached hydrogens (tertiary/aromatic N) is 2. The van der Waals surface area contributed by atoms with E-state index in [0.717, 1.165) is 0 Å². The summed E-state index contributed by atoms with van der Waals surface area (Å²) in [5.74, 6) is -0.434. The number of aliphatic hydroxyl groups is 3. The van der Waals surface area contributed by atoms with Gasteiger partial charge in [0.25, 0.3) is 0 Å². The van der Waals surface area contributed by atoms with E-state index in [4.69, 9.17) is 14.6 Å². The fourth-order valence-electron chi connectivity index (χ4n) is 2.72. The van der Waals surface area contributed by atoms with Gasteiger partial charge in [0.2, 0.25) is 6.41 Å². The second-order valence-electron chi connectivity index (χ2n) is 7.28. The smallest absolute Gasteiger partial charge is 0.238 e. The van der Waals surface area contributed by atoms with Gasteiger partial charge in [0, 0.05) is 18.8 Å². The molecule has 7 nitrogen and oxygen atoms in total. The lowest BCUT2D eigenvalue weighted by Gasteiger charge is -2.35. The molecule has 148 valence electrons. The highest BCUT2D eigenvalue weighted by atomic mass is 19.1. The molecule has 2 atom stereocenters. The molecule has 2 rings (SSSR count). The quantitative estimate of drug-likeness (QED) is 0.614. The topological polar surface area (TPSA) is 85.6 Å². The fraction of sp³-hybridized carbons (Fsp3) is 0.667.